The number of amides is 2. The molecule has 0 aliphatic carbocycles. The maximum Gasteiger partial charge on any atom is 0.276 e. The average Bonchev–Trinajstić information content (AvgIpc) is 2.64. The number of nitrogens with zero attached hydrogens (tertiary/aromatic N) is 2. The summed E-state index contributed by atoms with van der Waals surface area (Å²) in [6.07, 6.45) is 4.67. The van der Waals surface area contributed by atoms with Crippen LogP contribution in [-0.4, -0.2) is 40.9 Å². The van der Waals surface area contributed by atoms with Crippen LogP contribution < -0.4 is 16.0 Å². The Labute approximate surface area is 150 Å². The lowest BCUT2D eigenvalue weighted by molar-refractivity contribution is 0.0912. The van der Waals surface area contributed by atoms with Crippen LogP contribution in [0.2, 0.25) is 5.02 Å². The Morgan fingerprint density at radius 1 is 1.08 bits per heavy atom. The van der Waals surface area contributed by atoms with Crippen LogP contribution in [0.1, 0.15) is 33.8 Å². The van der Waals surface area contributed by atoms with Crippen LogP contribution in [0.25, 0.3) is 0 Å². The van der Waals surface area contributed by atoms with E-state index in [9.17, 15) is 9.59 Å². The first-order valence-corrected chi connectivity index (χ1v) is 8.41. The third kappa shape index (κ3) is 4.52. The number of piperidine rings is 1. The summed E-state index contributed by atoms with van der Waals surface area (Å²) in [5, 5.41) is 9.39. The van der Waals surface area contributed by atoms with Gasteiger partial charge in [0.2, 0.25) is 0 Å². The molecular formula is C17H18ClN5O2. The van der Waals surface area contributed by atoms with Crippen LogP contribution in [0, 0.1) is 0 Å². The molecule has 1 aliphatic rings. The number of rotatable bonds is 4. The molecule has 0 saturated carbocycles. The highest BCUT2D eigenvalue weighted by Gasteiger charge is 2.23. The highest BCUT2D eigenvalue weighted by molar-refractivity contribution is 6.30. The van der Waals surface area contributed by atoms with E-state index >= 15 is 0 Å². The van der Waals surface area contributed by atoms with E-state index in [1.165, 1.54) is 12.4 Å². The number of anilines is 1. The predicted octanol–water partition coefficient (Wildman–Crippen LogP) is 1.86. The molecule has 25 heavy (non-hydrogen) atoms. The van der Waals surface area contributed by atoms with E-state index in [0.717, 1.165) is 19.4 Å². The molecule has 1 aliphatic heterocycles. The fourth-order valence-corrected chi connectivity index (χ4v) is 2.75. The molecule has 0 radical (unpaired) electrons. The van der Waals surface area contributed by atoms with Gasteiger partial charge < -0.3 is 16.0 Å². The third-order valence-electron chi connectivity index (χ3n) is 3.86. The molecule has 1 aromatic heterocycles. The maximum absolute atomic E-state index is 12.5. The Bertz CT molecular complexity index is 760. The second kappa shape index (κ2) is 8.04. The maximum atomic E-state index is 12.5. The van der Waals surface area contributed by atoms with E-state index in [-0.39, 0.29) is 17.4 Å². The topological polar surface area (TPSA) is 96.0 Å². The van der Waals surface area contributed by atoms with E-state index in [0.29, 0.717) is 17.3 Å². The van der Waals surface area contributed by atoms with Gasteiger partial charge in [-0.25, -0.2) is 9.97 Å². The molecule has 2 aromatic rings. The van der Waals surface area contributed by atoms with Gasteiger partial charge in [0.15, 0.2) is 11.4 Å². The van der Waals surface area contributed by atoms with E-state index in [1.807, 2.05) is 0 Å². The summed E-state index contributed by atoms with van der Waals surface area (Å²) in [6, 6.07) is 6.69. The molecular weight excluding hydrogens is 342 g/mol. The van der Waals surface area contributed by atoms with Gasteiger partial charge in [-0.3, -0.25) is 9.59 Å². The third-order valence-corrected chi connectivity index (χ3v) is 4.11. The molecule has 8 heteroatoms. The molecule has 2 heterocycles. The van der Waals surface area contributed by atoms with E-state index in [1.54, 1.807) is 24.3 Å². The van der Waals surface area contributed by atoms with Crippen molar-refractivity contribution >= 4 is 29.1 Å². The van der Waals surface area contributed by atoms with Crippen molar-refractivity contribution in [3.05, 3.63) is 53.1 Å². The molecule has 2 amide bonds. The minimum atomic E-state index is -0.498. The average molecular weight is 360 g/mol. The summed E-state index contributed by atoms with van der Waals surface area (Å²) in [4.78, 5) is 33.0. The Morgan fingerprint density at radius 2 is 1.76 bits per heavy atom. The first-order chi connectivity index (χ1) is 12.1. The van der Waals surface area contributed by atoms with E-state index in [2.05, 4.69) is 25.9 Å². The van der Waals surface area contributed by atoms with E-state index < -0.39 is 11.8 Å². The van der Waals surface area contributed by atoms with Crippen molar-refractivity contribution in [3.8, 4) is 0 Å². The minimum absolute atomic E-state index is 0.0135. The Morgan fingerprint density at radius 3 is 2.40 bits per heavy atom. The molecule has 7 nitrogen and oxygen atoms in total. The zero-order valence-corrected chi connectivity index (χ0v) is 14.2. The number of aromatic nitrogens is 2. The summed E-state index contributed by atoms with van der Waals surface area (Å²) in [5.41, 5.74) is 0.557. The number of hydrogen-bond acceptors (Lipinski definition) is 5. The first kappa shape index (κ1) is 17.3. The molecule has 1 saturated heterocycles. The molecule has 1 atom stereocenters. The van der Waals surface area contributed by atoms with Gasteiger partial charge in [0.1, 0.15) is 0 Å². The van der Waals surface area contributed by atoms with Gasteiger partial charge in [0.05, 0.1) is 0 Å². The molecule has 1 aromatic carbocycles. The van der Waals surface area contributed by atoms with Crippen molar-refractivity contribution in [2.24, 2.45) is 0 Å². The number of carbonyl (C=O) groups is 2. The molecule has 0 bridgehead atoms. The van der Waals surface area contributed by atoms with Crippen molar-refractivity contribution in [3.63, 3.8) is 0 Å². The summed E-state index contributed by atoms with van der Waals surface area (Å²) in [7, 11) is 0. The zero-order chi connectivity index (χ0) is 17.6. The zero-order valence-electron chi connectivity index (χ0n) is 13.5. The summed E-state index contributed by atoms with van der Waals surface area (Å²) < 4.78 is 0. The summed E-state index contributed by atoms with van der Waals surface area (Å²) in [6.45, 7) is 1.66. The lowest BCUT2D eigenvalue weighted by Crippen LogP contribution is -2.46. The van der Waals surface area contributed by atoms with Crippen LogP contribution >= 0.6 is 11.6 Å². The molecule has 1 fully saturated rings. The number of benzene rings is 1. The lowest BCUT2D eigenvalue weighted by atomic mass is 10.1. The molecule has 0 unspecified atom stereocenters. The Balaban J connectivity index is 1.74. The molecule has 3 N–H and O–H groups in total. The minimum Gasteiger partial charge on any atom is -0.347 e. The monoisotopic (exact) mass is 359 g/mol. The van der Waals surface area contributed by atoms with Crippen molar-refractivity contribution < 1.29 is 9.59 Å². The van der Waals surface area contributed by atoms with Crippen molar-refractivity contribution in [1.82, 2.24) is 20.6 Å². The van der Waals surface area contributed by atoms with E-state index in [4.69, 9.17) is 11.6 Å². The van der Waals surface area contributed by atoms with Gasteiger partial charge in [-0.1, -0.05) is 11.6 Å². The lowest BCUT2D eigenvalue weighted by Gasteiger charge is -2.23. The van der Waals surface area contributed by atoms with Gasteiger partial charge in [0, 0.05) is 35.7 Å². The quantitative estimate of drug-likeness (QED) is 0.774. The van der Waals surface area contributed by atoms with Crippen LogP contribution in [0.15, 0.2) is 36.7 Å². The Kier molecular flexibility index (Phi) is 5.57. The fourth-order valence-electron chi connectivity index (χ4n) is 2.62. The van der Waals surface area contributed by atoms with Crippen LogP contribution in [0.5, 0.6) is 0 Å². The molecule has 0 spiro atoms. The number of halogens is 1. The highest BCUT2D eigenvalue weighted by atomic mass is 35.5. The predicted molar refractivity (Wildman–Crippen MR) is 94.8 cm³/mol. The molecule has 3 rings (SSSR count). The second-order valence-corrected chi connectivity index (χ2v) is 6.17. The largest absolute Gasteiger partial charge is 0.347 e. The van der Waals surface area contributed by atoms with Crippen LogP contribution in [0.3, 0.4) is 0 Å². The highest BCUT2D eigenvalue weighted by Crippen LogP contribution is 2.15. The Hall–Kier alpha value is -2.51. The SMILES string of the molecule is O=C(Nc1ccc(Cl)cc1)c1nccnc1C(=O)N[C@H]1CCCNC1. The molecule has 130 valence electrons. The van der Waals surface area contributed by atoms with Crippen molar-refractivity contribution in [2.75, 3.05) is 18.4 Å². The van der Waals surface area contributed by atoms with Gasteiger partial charge in [0.25, 0.3) is 11.8 Å². The normalized spacial score (nSPS) is 16.9. The fraction of sp³-hybridized carbons (Fsp3) is 0.294. The van der Waals surface area contributed by atoms with Gasteiger partial charge >= 0.3 is 0 Å². The van der Waals surface area contributed by atoms with Crippen molar-refractivity contribution in [2.45, 2.75) is 18.9 Å². The van der Waals surface area contributed by atoms with Gasteiger partial charge in [-0.15, -0.1) is 0 Å². The van der Waals surface area contributed by atoms with Gasteiger partial charge in [-0.05, 0) is 43.7 Å². The number of hydrogen-bond donors (Lipinski definition) is 3. The number of nitrogens with one attached hydrogen (secondary N) is 3. The first-order valence-electron chi connectivity index (χ1n) is 8.03. The smallest absolute Gasteiger partial charge is 0.276 e. The van der Waals surface area contributed by atoms with Crippen LogP contribution in [0.4, 0.5) is 5.69 Å². The summed E-state index contributed by atoms with van der Waals surface area (Å²) in [5.74, 6) is -0.898. The summed E-state index contributed by atoms with van der Waals surface area (Å²) >= 11 is 5.83. The van der Waals surface area contributed by atoms with Gasteiger partial charge in [-0.2, -0.15) is 0 Å². The second-order valence-electron chi connectivity index (χ2n) is 5.73. The van der Waals surface area contributed by atoms with Crippen LogP contribution in [-0.2, 0) is 0 Å². The standard InChI is InChI=1S/C17H18ClN5O2/c18-11-3-5-12(6-4-11)22-16(24)14-15(21-9-8-20-14)17(25)23-13-2-1-7-19-10-13/h3-6,8-9,13,19H,1-2,7,10H2,(H,22,24)(H,23,25)/t13-/m0/s1. The number of carbonyl (C=O) groups excluding carboxylic acids is 2. The van der Waals surface area contributed by atoms with Crippen molar-refractivity contribution in [1.29, 1.82) is 0 Å².